The first kappa shape index (κ1) is 18.7. The van der Waals surface area contributed by atoms with Crippen LogP contribution in [0.25, 0.3) is 0 Å². The second kappa shape index (κ2) is 7.26. The molecule has 0 saturated heterocycles. The van der Waals surface area contributed by atoms with Crippen LogP contribution >= 0.6 is 0 Å². The number of Topliss-reactive ketones (excluding diaryl/α,β-unsaturated/α-hetero) is 1. The van der Waals surface area contributed by atoms with Crippen LogP contribution in [0.4, 0.5) is 0 Å². The highest BCUT2D eigenvalue weighted by Gasteiger charge is 2.20. The zero-order valence-electron chi connectivity index (χ0n) is 14.3. The van der Waals surface area contributed by atoms with E-state index >= 15 is 0 Å². The van der Waals surface area contributed by atoms with Gasteiger partial charge in [-0.15, -0.1) is 0 Å². The van der Waals surface area contributed by atoms with Gasteiger partial charge in [0.15, 0.2) is 12.4 Å². The molecule has 1 rings (SSSR count). The number of carbonyl (C=O) groups is 3. The summed E-state index contributed by atoms with van der Waals surface area (Å²) in [5, 5.41) is 0. The van der Waals surface area contributed by atoms with Gasteiger partial charge >= 0.3 is 11.9 Å². The van der Waals surface area contributed by atoms with Crippen LogP contribution in [0.15, 0.2) is 12.1 Å². The molecule has 0 radical (unpaired) electrons. The molecule has 0 fully saturated rings. The lowest BCUT2D eigenvalue weighted by atomic mass is 10.0. The van der Waals surface area contributed by atoms with E-state index in [-0.39, 0.29) is 29.3 Å². The van der Waals surface area contributed by atoms with E-state index in [9.17, 15) is 14.4 Å². The number of rotatable bonds is 5. The summed E-state index contributed by atoms with van der Waals surface area (Å²) in [7, 11) is 1.26. The molecule has 0 atom stereocenters. The SMILES string of the molecule is COC(=O)c1cc(C)c(OCC(=O)OC(C)(C)C)c(C(C)=O)c1. The number of ketones is 1. The molecule has 6 nitrogen and oxygen atoms in total. The fourth-order valence-corrected chi connectivity index (χ4v) is 1.96. The van der Waals surface area contributed by atoms with Crippen molar-refractivity contribution >= 4 is 17.7 Å². The summed E-state index contributed by atoms with van der Waals surface area (Å²) in [5.41, 5.74) is 0.406. The predicted octanol–water partition coefficient (Wildman–Crippen LogP) is 2.70. The predicted molar refractivity (Wildman–Crippen MR) is 83.9 cm³/mol. The van der Waals surface area contributed by atoms with Crippen LogP contribution in [0.5, 0.6) is 5.75 Å². The van der Waals surface area contributed by atoms with Gasteiger partial charge in [-0.3, -0.25) is 4.79 Å². The van der Waals surface area contributed by atoms with Crippen molar-refractivity contribution in [1.82, 2.24) is 0 Å². The summed E-state index contributed by atoms with van der Waals surface area (Å²) in [4.78, 5) is 35.2. The van der Waals surface area contributed by atoms with Crippen LogP contribution in [-0.4, -0.2) is 37.0 Å². The van der Waals surface area contributed by atoms with Crippen molar-refractivity contribution in [2.24, 2.45) is 0 Å². The number of carbonyl (C=O) groups excluding carboxylic acids is 3. The Balaban J connectivity index is 3.04. The molecule has 0 aliphatic carbocycles. The summed E-state index contributed by atoms with van der Waals surface area (Å²) in [6, 6.07) is 2.94. The fraction of sp³-hybridized carbons (Fsp3) is 0.471. The van der Waals surface area contributed by atoms with Gasteiger partial charge in [0.25, 0.3) is 0 Å². The van der Waals surface area contributed by atoms with E-state index in [0.717, 1.165) is 0 Å². The van der Waals surface area contributed by atoms with Gasteiger partial charge in [0.05, 0.1) is 18.2 Å². The van der Waals surface area contributed by atoms with E-state index in [0.29, 0.717) is 5.56 Å². The maximum Gasteiger partial charge on any atom is 0.344 e. The summed E-state index contributed by atoms with van der Waals surface area (Å²) in [6.45, 7) is 7.97. The zero-order chi connectivity index (χ0) is 17.8. The summed E-state index contributed by atoms with van der Waals surface area (Å²) >= 11 is 0. The maximum absolute atomic E-state index is 11.8. The van der Waals surface area contributed by atoms with E-state index < -0.39 is 17.5 Å². The maximum atomic E-state index is 11.8. The largest absolute Gasteiger partial charge is 0.481 e. The molecule has 6 heteroatoms. The van der Waals surface area contributed by atoms with Crippen LogP contribution in [0.3, 0.4) is 0 Å². The highest BCUT2D eigenvalue weighted by Crippen LogP contribution is 2.26. The first-order valence-corrected chi connectivity index (χ1v) is 7.13. The standard InChI is InChI=1S/C17H22O6/c1-10-7-12(16(20)21-6)8-13(11(2)18)15(10)22-9-14(19)23-17(3,4)5/h7-8H,9H2,1-6H3. The van der Waals surface area contributed by atoms with Crippen LogP contribution < -0.4 is 4.74 Å². The Morgan fingerprint density at radius 3 is 2.22 bits per heavy atom. The monoisotopic (exact) mass is 322 g/mol. The third-order valence-electron chi connectivity index (χ3n) is 2.83. The molecule has 0 N–H and O–H groups in total. The Bertz CT molecular complexity index is 625. The molecule has 23 heavy (non-hydrogen) atoms. The van der Waals surface area contributed by atoms with E-state index in [1.165, 1.54) is 20.1 Å². The minimum atomic E-state index is -0.617. The first-order valence-electron chi connectivity index (χ1n) is 7.13. The average Bonchev–Trinajstić information content (AvgIpc) is 2.42. The van der Waals surface area contributed by atoms with Crippen molar-refractivity contribution in [2.75, 3.05) is 13.7 Å². The van der Waals surface area contributed by atoms with Crippen molar-refractivity contribution in [3.05, 3.63) is 28.8 Å². The fourth-order valence-electron chi connectivity index (χ4n) is 1.96. The topological polar surface area (TPSA) is 78.9 Å². The lowest BCUT2D eigenvalue weighted by Crippen LogP contribution is -2.27. The van der Waals surface area contributed by atoms with E-state index in [4.69, 9.17) is 9.47 Å². The Morgan fingerprint density at radius 2 is 1.74 bits per heavy atom. The van der Waals surface area contributed by atoms with Crippen LogP contribution in [0.2, 0.25) is 0 Å². The second-order valence-electron chi connectivity index (χ2n) is 6.09. The van der Waals surface area contributed by atoms with Crippen molar-refractivity contribution in [3.63, 3.8) is 0 Å². The molecular formula is C17H22O6. The molecule has 0 unspecified atom stereocenters. The van der Waals surface area contributed by atoms with E-state index in [2.05, 4.69) is 4.74 Å². The molecule has 1 aromatic rings. The normalized spacial score (nSPS) is 10.9. The highest BCUT2D eigenvalue weighted by molar-refractivity contribution is 6.00. The van der Waals surface area contributed by atoms with Crippen molar-refractivity contribution < 1.29 is 28.6 Å². The van der Waals surface area contributed by atoms with Crippen molar-refractivity contribution in [1.29, 1.82) is 0 Å². The third kappa shape index (κ3) is 5.39. The number of benzene rings is 1. The molecule has 0 bridgehead atoms. The van der Waals surface area contributed by atoms with Crippen molar-refractivity contribution in [2.45, 2.75) is 40.2 Å². The smallest absolute Gasteiger partial charge is 0.344 e. The Morgan fingerprint density at radius 1 is 1.13 bits per heavy atom. The second-order valence-corrected chi connectivity index (χ2v) is 6.09. The van der Waals surface area contributed by atoms with Crippen LogP contribution in [0.1, 0.15) is 54.0 Å². The number of hydrogen-bond donors (Lipinski definition) is 0. The molecule has 0 aliphatic heterocycles. The number of aryl methyl sites for hydroxylation is 1. The quantitative estimate of drug-likeness (QED) is 0.612. The summed E-state index contributed by atoms with van der Waals surface area (Å²) < 4.78 is 15.3. The Hall–Kier alpha value is -2.37. The van der Waals surface area contributed by atoms with Gasteiger partial charge in [0.1, 0.15) is 11.4 Å². The zero-order valence-corrected chi connectivity index (χ0v) is 14.3. The van der Waals surface area contributed by atoms with Gasteiger partial charge in [0, 0.05) is 0 Å². The van der Waals surface area contributed by atoms with E-state index in [1.807, 2.05) is 0 Å². The molecule has 0 aromatic heterocycles. The minimum Gasteiger partial charge on any atom is -0.481 e. The molecule has 0 heterocycles. The lowest BCUT2D eigenvalue weighted by molar-refractivity contribution is -0.157. The molecule has 0 aliphatic rings. The number of ether oxygens (including phenoxy) is 3. The minimum absolute atomic E-state index is 0.217. The summed E-state index contributed by atoms with van der Waals surface area (Å²) in [6.07, 6.45) is 0. The van der Waals surface area contributed by atoms with Gasteiger partial charge in [-0.2, -0.15) is 0 Å². The van der Waals surface area contributed by atoms with Gasteiger partial charge in [-0.05, 0) is 52.3 Å². The third-order valence-corrected chi connectivity index (χ3v) is 2.83. The van der Waals surface area contributed by atoms with Crippen molar-refractivity contribution in [3.8, 4) is 5.75 Å². The molecule has 1 aromatic carbocycles. The molecule has 126 valence electrons. The number of esters is 2. The Kier molecular flexibility index (Phi) is 5.90. The molecule has 0 saturated carbocycles. The van der Waals surface area contributed by atoms with Gasteiger partial charge in [-0.1, -0.05) is 0 Å². The number of hydrogen-bond acceptors (Lipinski definition) is 6. The van der Waals surface area contributed by atoms with Crippen LogP contribution in [-0.2, 0) is 14.3 Å². The van der Waals surface area contributed by atoms with E-state index in [1.54, 1.807) is 33.8 Å². The van der Waals surface area contributed by atoms with Gasteiger partial charge in [0.2, 0.25) is 0 Å². The number of methoxy groups -OCH3 is 1. The first-order chi connectivity index (χ1) is 10.5. The van der Waals surface area contributed by atoms with Crippen LogP contribution in [0, 0.1) is 6.92 Å². The molecule has 0 amide bonds. The molecular weight excluding hydrogens is 300 g/mol. The van der Waals surface area contributed by atoms with Gasteiger partial charge in [-0.25, -0.2) is 9.59 Å². The molecule has 0 spiro atoms. The highest BCUT2D eigenvalue weighted by atomic mass is 16.6. The lowest BCUT2D eigenvalue weighted by Gasteiger charge is -2.20. The Labute approximate surface area is 135 Å². The summed E-state index contributed by atoms with van der Waals surface area (Å²) in [5.74, 6) is -1.10. The van der Waals surface area contributed by atoms with Gasteiger partial charge < -0.3 is 14.2 Å². The average molecular weight is 322 g/mol.